The molecule has 26 heavy (non-hydrogen) atoms. The number of aromatic amines is 1. The molecule has 1 aliphatic rings. The predicted octanol–water partition coefficient (Wildman–Crippen LogP) is 2.46. The van der Waals surface area contributed by atoms with Gasteiger partial charge in [0.1, 0.15) is 5.56 Å². The van der Waals surface area contributed by atoms with Crippen LogP contribution in [0.3, 0.4) is 0 Å². The first-order valence-electron chi connectivity index (χ1n) is 8.99. The minimum Gasteiger partial charge on any atom is -0.452 e. The monoisotopic (exact) mass is 354 g/mol. The molecule has 1 aliphatic heterocycles. The van der Waals surface area contributed by atoms with Gasteiger partial charge in [-0.3, -0.25) is 9.69 Å². The van der Waals surface area contributed by atoms with E-state index in [4.69, 9.17) is 4.74 Å². The summed E-state index contributed by atoms with van der Waals surface area (Å²) < 4.78 is 5.22. The Balaban J connectivity index is 1.59. The van der Waals surface area contributed by atoms with Crippen molar-refractivity contribution < 1.29 is 19.3 Å². The lowest BCUT2D eigenvalue weighted by Gasteiger charge is -2.12. The summed E-state index contributed by atoms with van der Waals surface area (Å²) in [4.78, 5) is 29.8. The Morgan fingerprint density at radius 1 is 1.19 bits per heavy atom. The van der Waals surface area contributed by atoms with Crippen molar-refractivity contribution in [2.75, 3.05) is 29.9 Å². The van der Waals surface area contributed by atoms with Crippen LogP contribution in [0.15, 0.2) is 42.6 Å². The smallest absolute Gasteiger partial charge is 0.347 e. The zero-order chi connectivity index (χ0) is 18.4. The van der Waals surface area contributed by atoms with Crippen LogP contribution in [0.4, 0.5) is 11.5 Å². The summed E-state index contributed by atoms with van der Waals surface area (Å²) in [6.07, 6.45) is 4.90. The second-order valence-corrected chi connectivity index (χ2v) is 6.30. The molecule has 2 N–H and O–H groups in total. The summed E-state index contributed by atoms with van der Waals surface area (Å²) in [6, 6.07) is 11.1. The van der Waals surface area contributed by atoms with E-state index < -0.39 is 5.97 Å². The van der Waals surface area contributed by atoms with Gasteiger partial charge in [0.05, 0.1) is 19.3 Å². The third-order valence-corrected chi connectivity index (χ3v) is 4.43. The van der Waals surface area contributed by atoms with E-state index >= 15 is 0 Å². The van der Waals surface area contributed by atoms with Gasteiger partial charge >= 0.3 is 5.97 Å². The van der Waals surface area contributed by atoms with Crippen LogP contribution < -0.4 is 15.2 Å². The Hall–Kier alpha value is -2.89. The molecule has 1 amide bonds. The number of pyridine rings is 1. The Morgan fingerprint density at radius 2 is 2.00 bits per heavy atom. The lowest BCUT2D eigenvalue weighted by Crippen LogP contribution is -2.29. The van der Waals surface area contributed by atoms with Crippen LogP contribution in [-0.4, -0.2) is 31.6 Å². The van der Waals surface area contributed by atoms with Gasteiger partial charge in [0.2, 0.25) is 0 Å². The third-order valence-electron chi connectivity index (χ3n) is 4.43. The number of H-pyrrole nitrogens is 1. The number of aryl methyl sites for hydroxylation is 1. The molecule has 0 atom stereocenters. The number of amides is 1. The van der Waals surface area contributed by atoms with E-state index in [9.17, 15) is 9.59 Å². The van der Waals surface area contributed by atoms with Crippen molar-refractivity contribution in [1.29, 1.82) is 0 Å². The van der Waals surface area contributed by atoms with Crippen molar-refractivity contribution in [2.45, 2.75) is 26.2 Å². The molecule has 1 aromatic heterocycles. The van der Waals surface area contributed by atoms with E-state index in [0.717, 1.165) is 43.7 Å². The number of carbonyl (C=O) groups is 2. The van der Waals surface area contributed by atoms with E-state index in [1.807, 2.05) is 24.3 Å². The SMILES string of the molecule is CCc1cccc(NC(=O)COC(=O)c2ccc[nH+]c2N2CCCC2)c1. The summed E-state index contributed by atoms with van der Waals surface area (Å²) >= 11 is 0. The number of ether oxygens (including phenoxy) is 1. The molecule has 0 unspecified atom stereocenters. The largest absolute Gasteiger partial charge is 0.452 e. The third kappa shape index (κ3) is 4.39. The normalized spacial score (nSPS) is 13.5. The standard InChI is InChI=1S/C20H23N3O3/c1-2-15-7-5-8-16(13-15)22-18(24)14-26-20(25)17-9-6-10-21-19(17)23-11-3-4-12-23/h5-10,13H,2-4,11-12,14H2,1H3,(H,22,24)/p+1. The fourth-order valence-corrected chi connectivity index (χ4v) is 3.07. The van der Waals surface area contributed by atoms with Gasteiger partial charge in [-0.1, -0.05) is 19.1 Å². The maximum Gasteiger partial charge on any atom is 0.347 e. The number of carbonyl (C=O) groups excluding carboxylic acids is 2. The lowest BCUT2D eigenvalue weighted by atomic mass is 10.1. The molecule has 0 aliphatic carbocycles. The molecular formula is C20H24N3O3+. The first-order chi connectivity index (χ1) is 12.7. The second kappa shape index (κ2) is 8.47. The minimum absolute atomic E-state index is 0.316. The first-order valence-corrected chi connectivity index (χ1v) is 8.99. The number of aromatic nitrogens is 1. The maximum atomic E-state index is 12.4. The number of anilines is 2. The highest BCUT2D eigenvalue weighted by molar-refractivity contribution is 5.97. The summed E-state index contributed by atoms with van der Waals surface area (Å²) in [7, 11) is 0. The highest BCUT2D eigenvalue weighted by atomic mass is 16.5. The zero-order valence-electron chi connectivity index (χ0n) is 15.0. The molecule has 1 saturated heterocycles. The van der Waals surface area contributed by atoms with Crippen molar-refractivity contribution >= 4 is 23.4 Å². The Labute approximate surface area is 153 Å². The van der Waals surface area contributed by atoms with Crippen LogP contribution in [0, 0.1) is 0 Å². The molecular weight excluding hydrogens is 330 g/mol. The van der Waals surface area contributed by atoms with Gasteiger partial charge in [-0.2, -0.15) is 0 Å². The van der Waals surface area contributed by atoms with Crippen LogP contribution >= 0.6 is 0 Å². The Morgan fingerprint density at radius 3 is 2.77 bits per heavy atom. The van der Waals surface area contributed by atoms with E-state index in [1.54, 1.807) is 18.3 Å². The fourth-order valence-electron chi connectivity index (χ4n) is 3.07. The number of rotatable bonds is 6. The molecule has 2 aromatic rings. The topological polar surface area (TPSA) is 72.8 Å². The molecule has 1 fully saturated rings. The van der Waals surface area contributed by atoms with Crippen LogP contribution in [0.5, 0.6) is 0 Å². The summed E-state index contributed by atoms with van der Waals surface area (Å²) in [5.74, 6) is -0.0958. The average Bonchev–Trinajstić information content (AvgIpc) is 3.21. The summed E-state index contributed by atoms with van der Waals surface area (Å²) in [5.41, 5.74) is 2.29. The van der Waals surface area contributed by atoms with Crippen molar-refractivity contribution in [3.63, 3.8) is 0 Å². The van der Waals surface area contributed by atoms with E-state index in [1.165, 1.54) is 0 Å². The number of nitrogens with zero attached hydrogens (tertiary/aromatic N) is 1. The van der Waals surface area contributed by atoms with Crippen molar-refractivity contribution in [1.82, 2.24) is 0 Å². The van der Waals surface area contributed by atoms with Crippen LogP contribution in [0.2, 0.25) is 0 Å². The maximum absolute atomic E-state index is 12.4. The molecule has 0 saturated carbocycles. The van der Waals surface area contributed by atoms with Gasteiger partial charge in [-0.15, -0.1) is 0 Å². The summed E-state index contributed by atoms with van der Waals surface area (Å²) in [6.45, 7) is 3.56. The van der Waals surface area contributed by atoms with Crippen molar-refractivity contribution in [2.24, 2.45) is 0 Å². The van der Waals surface area contributed by atoms with Gasteiger partial charge in [-0.25, -0.2) is 9.78 Å². The van der Waals surface area contributed by atoms with Crippen LogP contribution in [-0.2, 0) is 16.0 Å². The Bertz CT molecular complexity index is 785. The highest BCUT2D eigenvalue weighted by Gasteiger charge is 2.27. The first kappa shape index (κ1) is 17.9. The van der Waals surface area contributed by atoms with E-state index in [-0.39, 0.29) is 12.5 Å². The second-order valence-electron chi connectivity index (χ2n) is 6.30. The predicted molar refractivity (Wildman–Crippen MR) is 99.2 cm³/mol. The summed E-state index contributed by atoms with van der Waals surface area (Å²) in [5, 5.41) is 2.76. The van der Waals surface area contributed by atoms with Crippen LogP contribution in [0.1, 0.15) is 35.7 Å². The van der Waals surface area contributed by atoms with Crippen LogP contribution in [0.25, 0.3) is 0 Å². The molecule has 136 valence electrons. The van der Waals surface area contributed by atoms with Gasteiger partial charge in [0.25, 0.3) is 11.7 Å². The molecule has 0 radical (unpaired) electrons. The number of benzene rings is 1. The molecule has 0 spiro atoms. The molecule has 0 bridgehead atoms. The van der Waals surface area contributed by atoms with Gasteiger partial charge in [0, 0.05) is 5.69 Å². The number of nitrogens with one attached hydrogen (secondary N) is 2. The van der Waals surface area contributed by atoms with Gasteiger partial charge in [0.15, 0.2) is 6.61 Å². The fraction of sp³-hybridized carbons (Fsp3) is 0.350. The Kier molecular flexibility index (Phi) is 5.84. The quantitative estimate of drug-likeness (QED) is 0.809. The number of hydrogen-bond donors (Lipinski definition) is 1. The van der Waals surface area contributed by atoms with E-state index in [2.05, 4.69) is 22.1 Å². The van der Waals surface area contributed by atoms with Gasteiger partial charge in [-0.05, 0) is 49.1 Å². The molecule has 1 aromatic carbocycles. The van der Waals surface area contributed by atoms with Gasteiger partial charge < -0.3 is 10.1 Å². The van der Waals surface area contributed by atoms with Crippen molar-refractivity contribution in [3.05, 3.63) is 53.7 Å². The number of esters is 1. The lowest BCUT2D eigenvalue weighted by molar-refractivity contribution is -0.364. The van der Waals surface area contributed by atoms with E-state index in [0.29, 0.717) is 11.3 Å². The van der Waals surface area contributed by atoms with Crippen molar-refractivity contribution in [3.8, 4) is 0 Å². The highest BCUT2D eigenvalue weighted by Crippen LogP contribution is 2.20. The zero-order valence-corrected chi connectivity index (χ0v) is 15.0. The number of hydrogen-bond acceptors (Lipinski definition) is 4. The molecule has 6 heteroatoms. The average molecular weight is 354 g/mol. The molecule has 2 heterocycles. The minimum atomic E-state index is -0.499. The molecule has 6 nitrogen and oxygen atoms in total. The molecule has 3 rings (SSSR count).